The number of carbonyl (C=O) groups excluding carboxylic acids is 1. The molecule has 4 heteroatoms. The fraction of sp³-hybridized carbons (Fsp3) is 0.438. The van der Waals surface area contributed by atoms with Gasteiger partial charge in [0.05, 0.1) is 12.1 Å². The number of hydrogen-bond acceptors (Lipinski definition) is 2. The number of anilines is 1. The number of benzene rings is 1. The van der Waals surface area contributed by atoms with Crippen molar-refractivity contribution in [3.8, 4) is 0 Å². The van der Waals surface area contributed by atoms with E-state index in [1.54, 1.807) is 17.0 Å². The van der Waals surface area contributed by atoms with Crippen LogP contribution in [-0.4, -0.2) is 18.2 Å². The first kappa shape index (κ1) is 13.5. The van der Waals surface area contributed by atoms with Gasteiger partial charge in [-0.25, -0.2) is 4.79 Å². The van der Waals surface area contributed by atoms with Crippen LogP contribution in [0.25, 0.3) is 0 Å². The summed E-state index contributed by atoms with van der Waals surface area (Å²) in [5.74, 6) is 0.321. The molecule has 0 radical (unpaired) electrons. The summed E-state index contributed by atoms with van der Waals surface area (Å²) in [5.41, 5.74) is 0.507. The van der Waals surface area contributed by atoms with Gasteiger partial charge in [0.15, 0.2) is 0 Å². The van der Waals surface area contributed by atoms with Crippen molar-refractivity contribution in [2.75, 3.05) is 11.5 Å². The minimum atomic E-state index is -0.318. The van der Waals surface area contributed by atoms with E-state index in [0.29, 0.717) is 17.5 Å². The van der Waals surface area contributed by atoms with Crippen LogP contribution in [0, 0.1) is 5.92 Å². The number of fused-ring (bicyclic) bond motifs is 1. The van der Waals surface area contributed by atoms with Crippen molar-refractivity contribution in [1.29, 1.82) is 0 Å². The topological polar surface area (TPSA) is 29.5 Å². The molecule has 1 amide bonds. The van der Waals surface area contributed by atoms with E-state index in [2.05, 4.69) is 6.58 Å². The van der Waals surface area contributed by atoms with Crippen molar-refractivity contribution in [3.63, 3.8) is 0 Å². The average Bonchev–Trinajstić information content (AvgIpc) is 2.48. The number of rotatable bonds is 2. The van der Waals surface area contributed by atoms with Gasteiger partial charge in [-0.15, -0.1) is 6.58 Å². The highest BCUT2D eigenvalue weighted by atomic mass is 35.5. The third-order valence-corrected chi connectivity index (χ3v) is 4.78. The van der Waals surface area contributed by atoms with E-state index in [4.69, 9.17) is 16.3 Å². The van der Waals surface area contributed by atoms with Crippen LogP contribution < -0.4 is 4.90 Å². The van der Waals surface area contributed by atoms with Crippen LogP contribution in [0.3, 0.4) is 0 Å². The van der Waals surface area contributed by atoms with E-state index in [1.165, 1.54) is 6.42 Å². The van der Waals surface area contributed by atoms with Gasteiger partial charge in [0.1, 0.15) is 0 Å². The lowest BCUT2D eigenvalue weighted by atomic mass is 9.71. The molecular formula is C16H18ClNO2. The molecular weight excluding hydrogens is 274 g/mol. The molecule has 0 spiro atoms. The Morgan fingerprint density at radius 1 is 1.35 bits per heavy atom. The number of ether oxygens (including phenoxy) is 1. The summed E-state index contributed by atoms with van der Waals surface area (Å²) < 4.78 is 5.38. The Morgan fingerprint density at radius 2 is 2.10 bits per heavy atom. The van der Waals surface area contributed by atoms with Crippen LogP contribution >= 0.6 is 11.6 Å². The second-order valence-corrected chi connectivity index (χ2v) is 5.96. The Bertz CT molecular complexity index is 528. The van der Waals surface area contributed by atoms with Crippen LogP contribution in [0.1, 0.15) is 25.7 Å². The summed E-state index contributed by atoms with van der Waals surface area (Å²) in [6.07, 6.45) is 5.96. The molecule has 1 aromatic rings. The zero-order valence-electron chi connectivity index (χ0n) is 11.3. The van der Waals surface area contributed by atoms with Crippen LogP contribution in [-0.2, 0) is 4.74 Å². The molecule has 0 aromatic heterocycles. The Balaban J connectivity index is 2.06. The molecule has 0 unspecified atom stereocenters. The van der Waals surface area contributed by atoms with Gasteiger partial charge in [-0.05, 0) is 37.1 Å². The highest BCUT2D eigenvalue weighted by Gasteiger charge is 2.50. The first-order valence-corrected chi connectivity index (χ1v) is 7.41. The van der Waals surface area contributed by atoms with Crippen molar-refractivity contribution in [1.82, 2.24) is 0 Å². The highest BCUT2D eigenvalue weighted by molar-refractivity contribution is 6.30. The summed E-state index contributed by atoms with van der Waals surface area (Å²) >= 11 is 5.94. The Labute approximate surface area is 124 Å². The maximum atomic E-state index is 12.3. The molecule has 1 heterocycles. The van der Waals surface area contributed by atoms with E-state index in [1.807, 2.05) is 18.2 Å². The smallest absolute Gasteiger partial charge is 0.415 e. The van der Waals surface area contributed by atoms with Gasteiger partial charge in [0.25, 0.3) is 0 Å². The fourth-order valence-corrected chi connectivity index (χ4v) is 3.60. The third kappa shape index (κ3) is 2.01. The van der Waals surface area contributed by atoms with Gasteiger partial charge >= 0.3 is 6.09 Å². The van der Waals surface area contributed by atoms with E-state index >= 15 is 0 Å². The lowest BCUT2D eigenvalue weighted by Gasteiger charge is -2.51. The lowest BCUT2D eigenvalue weighted by molar-refractivity contribution is 0.0576. The van der Waals surface area contributed by atoms with Crippen molar-refractivity contribution in [2.45, 2.75) is 31.2 Å². The minimum absolute atomic E-state index is 0.287. The highest BCUT2D eigenvalue weighted by Crippen LogP contribution is 2.44. The van der Waals surface area contributed by atoms with E-state index in [9.17, 15) is 4.79 Å². The third-order valence-electron chi connectivity index (χ3n) is 4.53. The zero-order valence-corrected chi connectivity index (χ0v) is 12.1. The molecule has 20 heavy (non-hydrogen) atoms. The van der Waals surface area contributed by atoms with E-state index in [-0.39, 0.29) is 11.6 Å². The second kappa shape index (κ2) is 5.13. The van der Waals surface area contributed by atoms with Gasteiger partial charge < -0.3 is 4.74 Å². The molecule has 1 aromatic carbocycles. The summed E-state index contributed by atoms with van der Waals surface area (Å²) in [7, 11) is 0. The van der Waals surface area contributed by atoms with Crippen LogP contribution in [0.15, 0.2) is 36.9 Å². The SMILES string of the molecule is C=C[C@]12CCCC[C@H]1COC(=O)N2c1ccc(Cl)cc1. The van der Waals surface area contributed by atoms with Crippen LogP contribution in [0.2, 0.25) is 5.02 Å². The normalized spacial score (nSPS) is 29.6. The predicted molar refractivity (Wildman–Crippen MR) is 80.2 cm³/mol. The average molecular weight is 292 g/mol. The molecule has 1 saturated heterocycles. The number of halogens is 1. The molecule has 2 fully saturated rings. The Hall–Kier alpha value is -1.48. The zero-order chi connectivity index (χ0) is 14.2. The van der Waals surface area contributed by atoms with Gasteiger partial charge in [-0.2, -0.15) is 0 Å². The van der Waals surface area contributed by atoms with Crippen LogP contribution in [0.5, 0.6) is 0 Å². The number of carbonyl (C=O) groups is 1. The largest absolute Gasteiger partial charge is 0.449 e. The number of cyclic esters (lactones) is 1. The number of hydrogen-bond donors (Lipinski definition) is 0. The molecule has 3 rings (SSSR count). The van der Waals surface area contributed by atoms with Gasteiger partial charge in [0.2, 0.25) is 0 Å². The van der Waals surface area contributed by atoms with E-state index in [0.717, 1.165) is 24.9 Å². The molecule has 0 N–H and O–H groups in total. The first-order chi connectivity index (χ1) is 9.67. The summed E-state index contributed by atoms with van der Waals surface area (Å²) in [4.78, 5) is 14.1. The van der Waals surface area contributed by atoms with Crippen molar-refractivity contribution < 1.29 is 9.53 Å². The van der Waals surface area contributed by atoms with E-state index < -0.39 is 0 Å². The molecule has 0 bridgehead atoms. The minimum Gasteiger partial charge on any atom is -0.449 e. The quantitative estimate of drug-likeness (QED) is 0.755. The predicted octanol–water partition coefficient (Wildman–Crippen LogP) is 4.41. The molecule has 1 aliphatic carbocycles. The number of amides is 1. The fourth-order valence-electron chi connectivity index (χ4n) is 3.48. The summed E-state index contributed by atoms with van der Waals surface area (Å²) in [6, 6.07) is 7.33. The first-order valence-electron chi connectivity index (χ1n) is 7.03. The van der Waals surface area contributed by atoms with Crippen molar-refractivity contribution in [3.05, 3.63) is 41.9 Å². The molecule has 1 saturated carbocycles. The molecule has 2 aliphatic rings. The number of nitrogens with zero attached hydrogens (tertiary/aromatic N) is 1. The molecule has 3 nitrogen and oxygen atoms in total. The van der Waals surface area contributed by atoms with Crippen molar-refractivity contribution in [2.24, 2.45) is 5.92 Å². The molecule has 2 atom stereocenters. The summed E-state index contributed by atoms with van der Waals surface area (Å²) in [6.45, 7) is 4.51. The lowest BCUT2D eigenvalue weighted by Crippen LogP contribution is -2.62. The van der Waals surface area contributed by atoms with Gasteiger partial charge in [-0.1, -0.05) is 30.5 Å². The van der Waals surface area contributed by atoms with Gasteiger partial charge in [-0.3, -0.25) is 4.90 Å². The Morgan fingerprint density at radius 3 is 2.80 bits per heavy atom. The maximum Gasteiger partial charge on any atom is 0.415 e. The molecule has 1 aliphatic heterocycles. The molecule has 106 valence electrons. The van der Waals surface area contributed by atoms with Crippen LogP contribution in [0.4, 0.5) is 10.5 Å². The monoisotopic (exact) mass is 291 g/mol. The maximum absolute atomic E-state index is 12.3. The summed E-state index contributed by atoms with van der Waals surface area (Å²) in [5, 5.41) is 0.659. The van der Waals surface area contributed by atoms with Crippen molar-refractivity contribution >= 4 is 23.4 Å². The standard InChI is InChI=1S/C16H18ClNO2/c1-2-16-10-4-3-5-12(16)11-20-15(19)18(16)14-8-6-13(17)7-9-14/h2,6-9,12H,1,3-5,10-11H2/t12-,16-/m0/s1. The Kier molecular flexibility index (Phi) is 3.47. The van der Waals surface area contributed by atoms with Gasteiger partial charge in [0, 0.05) is 16.6 Å². The second-order valence-electron chi connectivity index (χ2n) is 5.53.